The summed E-state index contributed by atoms with van der Waals surface area (Å²) in [6.45, 7) is 9.70. The van der Waals surface area contributed by atoms with E-state index >= 15 is 0 Å². The predicted molar refractivity (Wildman–Crippen MR) is 119 cm³/mol. The molecule has 26 heavy (non-hydrogen) atoms. The van der Waals surface area contributed by atoms with Crippen molar-refractivity contribution in [1.29, 1.82) is 0 Å². The maximum Gasteiger partial charge on any atom is 0.0595 e. The van der Waals surface area contributed by atoms with Crippen LogP contribution in [-0.2, 0) is 6.42 Å². The second-order valence-corrected chi connectivity index (χ2v) is 9.06. The van der Waals surface area contributed by atoms with Gasteiger partial charge in [-0.05, 0) is 81.4 Å². The lowest BCUT2D eigenvalue weighted by molar-refractivity contribution is -0.112. The molecule has 0 amide bonds. The molecule has 2 atom stereocenters. The van der Waals surface area contributed by atoms with E-state index in [2.05, 4.69) is 36.8 Å². The van der Waals surface area contributed by atoms with Gasteiger partial charge in [0.1, 0.15) is 0 Å². The summed E-state index contributed by atoms with van der Waals surface area (Å²) >= 11 is 12.1. The van der Waals surface area contributed by atoms with Crippen LogP contribution < -0.4 is 0 Å². The summed E-state index contributed by atoms with van der Waals surface area (Å²) in [4.78, 5) is 5.17. The molecule has 0 spiro atoms. The summed E-state index contributed by atoms with van der Waals surface area (Å²) < 4.78 is 0. The van der Waals surface area contributed by atoms with Gasteiger partial charge >= 0.3 is 0 Å². The Hall–Kier alpha value is 0.300. The summed E-state index contributed by atoms with van der Waals surface area (Å²) in [5.74, 6) is 0.979. The smallest absolute Gasteiger partial charge is 0.0595 e. The first-order valence-electron chi connectivity index (χ1n) is 9.24. The van der Waals surface area contributed by atoms with Crippen LogP contribution in [0.3, 0.4) is 0 Å². The number of hydrogen-bond donors (Lipinski definition) is 0. The zero-order valence-corrected chi connectivity index (χ0v) is 19.2. The average molecular weight is 442 g/mol. The van der Waals surface area contributed by atoms with E-state index in [0.717, 1.165) is 31.5 Å². The minimum Gasteiger partial charge on any atom is -0.306 e. The molecule has 3 aliphatic rings. The lowest BCUT2D eigenvalue weighted by Gasteiger charge is -2.61. The molecular weight excluding hydrogens is 410 g/mol. The van der Waals surface area contributed by atoms with Crippen molar-refractivity contribution in [2.45, 2.75) is 45.6 Å². The Bertz CT molecular complexity index is 577. The fourth-order valence-corrected chi connectivity index (χ4v) is 4.83. The highest BCUT2D eigenvalue weighted by molar-refractivity contribution is 6.42. The van der Waals surface area contributed by atoms with E-state index in [-0.39, 0.29) is 24.8 Å². The molecule has 1 aliphatic carbocycles. The number of likely N-dealkylation sites (N-methyl/N-ethyl adjacent to an activating group) is 1. The predicted octanol–water partition coefficient (Wildman–Crippen LogP) is 5.82. The van der Waals surface area contributed by atoms with Crippen molar-refractivity contribution in [3.8, 4) is 0 Å². The number of rotatable bonds is 7. The summed E-state index contributed by atoms with van der Waals surface area (Å²) in [7, 11) is 2.22. The lowest BCUT2D eigenvalue weighted by atomic mass is 9.54. The first kappa shape index (κ1) is 24.3. The Balaban J connectivity index is 0.00000169. The van der Waals surface area contributed by atoms with Gasteiger partial charge in [0.25, 0.3) is 0 Å². The summed E-state index contributed by atoms with van der Waals surface area (Å²) in [5, 5.41) is 1.29. The average Bonchev–Trinajstić information content (AvgIpc) is 2.56. The summed E-state index contributed by atoms with van der Waals surface area (Å²) in [5.41, 5.74) is 1.81. The Labute approximate surface area is 181 Å². The molecule has 0 radical (unpaired) electrons. The number of halogens is 4. The first-order valence-corrected chi connectivity index (χ1v) is 10.00. The zero-order valence-electron chi connectivity index (χ0n) is 16.0. The molecule has 1 aromatic carbocycles. The Kier molecular flexibility index (Phi) is 9.53. The van der Waals surface area contributed by atoms with Crippen LogP contribution in [0.4, 0.5) is 0 Å². The van der Waals surface area contributed by atoms with Crippen molar-refractivity contribution in [2.24, 2.45) is 11.3 Å². The molecule has 1 saturated carbocycles. The number of piperidine rings is 2. The molecule has 0 aromatic heterocycles. The third-order valence-electron chi connectivity index (χ3n) is 6.38. The quantitative estimate of drug-likeness (QED) is 0.525. The fraction of sp³-hybridized carbons (Fsp3) is 0.700. The van der Waals surface area contributed by atoms with Gasteiger partial charge in [0.2, 0.25) is 0 Å². The van der Waals surface area contributed by atoms with Gasteiger partial charge in [-0.15, -0.1) is 24.8 Å². The van der Waals surface area contributed by atoms with Crippen LogP contribution in [0.2, 0.25) is 10.0 Å². The highest BCUT2D eigenvalue weighted by atomic mass is 35.5. The van der Waals surface area contributed by atoms with Gasteiger partial charge in [0.15, 0.2) is 0 Å². The van der Waals surface area contributed by atoms with E-state index in [1.807, 2.05) is 12.1 Å². The Morgan fingerprint density at radius 2 is 1.88 bits per heavy atom. The minimum absolute atomic E-state index is 0. The molecule has 2 unspecified atom stereocenters. The van der Waals surface area contributed by atoms with E-state index < -0.39 is 0 Å². The number of nitrogens with zero attached hydrogens (tertiary/aromatic N) is 2. The molecule has 3 fully saturated rings. The molecule has 4 rings (SSSR count). The van der Waals surface area contributed by atoms with E-state index in [0.29, 0.717) is 15.5 Å². The standard InChI is InChI=1S/C20H30Cl2N2.2ClH/c1-20(2)16-8-12-24(19(20)14-16)10-4-9-23(3)11-7-15-5-6-17(21)18(22)13-15;;/h5-6,13,16,19H,4,7-12,14H2,1-3H3;2*1H. The second kappa shape index (κ2) is 10.2. The number of fused-ring (bicyclic) bond motifs is 2. The van der Waals surface area contributed by atoms with Crippen molar-refractivity contribution in [1.82, 2.24) is 9.80 Å². The third kappa shape index (κ3) is 5.43. The molecule has 1 aromatic rings. The molecule has 6 heteroatoms. The summed E-state index contributed by atoms with van der Waals surface area (Å²) in [6, 6.07) is 6.78. The van der Waals surface area contributed by atoms with E-state index in [9.17, 15) is 0 Å². The first-order chi connectivity index (χ1) is 11.4. The topological polar surface area (TPSA) is 6.48 Å². The highest BCUT2D eigenvalue weighted by Crippen LogP contribution is 2.53. The molecular formula is C20H32Cl4N2. The van der Waals surface area contributed by atoms with Gasteiger partial charge in [-0.2, -0.15) is 0 Å². The molecule has 2 saturated heterocycles. The third-order valence-corrected chi connectivity index (χ3v) is 7.11. The minimum atomic E-state index is 0. The molecule has 2 heterocycles. The van der Waals surface area contributed by atoms with Gasteiger partial charge in [-0.25, -0.2) is 0 Å². The molecule has 150 valence electrons. The molecule has 2 bridgehead atoms. The molecule has 2 aliphatic heterocycles. The van der Waals surface area contributed by atoms with Gasteiger partial charge in [0, 0.05) is 12.6 Å². The SMILES string of the molecule is CN(CCCN1CCC2CC1C2(C)C)CCc1ccc(Cl)c(Cl)c1.Cl.Cl. The highest BCUT2D eigenvalue weighted by Gasteiger charge is 2.53. The van der Waals surface area contributed by atoms with Crippen LogP contribution in [0.5, 0.6) is 0 Å². The van der Waals surface area contributed by atoms with Gasteiger partial charge in [0.05, 0.1) is 10.0 Å². The Morgan fingerprint density at radius 1 is 1.15 bits per heavy atom. The largest absolute Gasteiger partial charge is 0.306 e. The van der Waals surface area contributed by atoms with Crippen LogP contribution >= 0.6 is 48.0 Å². The van der Waals surface area contributed by atoms with Crippen molar-refractivity contribution in [2.75, 3.05) is 33.2 Å². The van der Waals surface area contributed by atoms with E-state index in [4.69, 9.17) is 23.2 Å². The monoisotopic (exact) mass is 440 g/mol. The fourth-order valence-electron chi connectivity index (χ4n) is 4.51. The zero-order chi connectivity index (χ0) is 17.3. The van der Waals surface area contributed by atoms with Crippen molar-refractivity contribution in [3.05, 3.63) is 33.8 Å². The number of benzene rings is 1. The molecule has 2 nitrogen and oxygen atoms in total. The van der Waals surface area contributed by atoms with Gasteiger partial charge in [-0.3, -0.25) is 4.90 Å². The normalized spacial score (nSPS) is 23.8. The maximum absolute atomic E-state index is 6.09. The van der Waals surface area contributed by atoms with Crippen LogP contribution in [0, 0.1) is 11.3 Å². The number of hydrogen-bond acceptors (Lipinski definition) is 2. The molecule has 0 N–H and O–H groups in total. The van der Waals surface area contributed by atoms with Gasteiger partial charge < -0.3 is 4.90 Å². The van der Waals surface area contributed by atoms with Crippen LogP contribution in [0.25, 0.3) is 0 Å². The van der Waals surface area contributed by atoms with Crippen LogP contribution in [-0.4, -0.2) is 49.1 Å². The summed E-state index contributed by atoms with van der Waals surface area (Å²) in [6.07, 6.45) is 5.11. The van der Waals surface area contributed by atoms with Crippen LogP contribution in [0.1, 0.15) is 38.7 Å². The van der Waals surface area contributed by atoms with Crippen molar-refractivity contribution in [3.63, 3.8) is 0 Å². The van der Waals surface area contributed by atoms with E-state index in [1.54, 1.807) is 0 Å². The van der Waals surface area contributed by atoms with Crippen molar-refractivity contribution >= 4 is 48.0 Å². The van der Waals surface area contributed by atoms with E-state index in [1.165, 1.54) is 37.9 Å². The van der Waals surface area contributed by atoms with Gasteiger partial charge in [-0.1, -0.05) is 43.1 Å². The maximum atomic E-state index is 6.09. The second-order valence-electron chi connectivity index (χ2n) is 8.25. The van der Waals surface area contributed by atoms with Crippen molar-refractivity contribution < 1.29 is 0 Å². The Morgan fingerprint density at radius 3 is 2.50 bits per heavy atom. The lowest BCUT2D eigenvalue weighted by Crippen LogP contribution is -2.63. The van der Waals surface area contributed by atoms with Crippen LogP contribution in [0.15, 0.2) is 18.2 Å².